The van der Waals surface area contributed by atoms with Crippen LogP contribution in [0.4, 0.5) is 0 Å². The van der Waals surface area contributed by atoms with Crippen LogP contribution >= 0.6 is 0 Å². The topological polar surface area (TPSA) is 81.6 Å². The molecule has 8 heteroatoms. The van der Waals surface area contributed by atoms with Gasteiger partial charge in [-0.25, -0.2) is 8.42 Å². The van der Waals surface area contributed by atoms with E-state index in [4.69, 9.17) is 9.47 Å². The number of aromatic nitrogens is 2. The summed E-state index contributed by atoms with van der Waals surface area (Å²) in [5.74, 6) is 0.694. The molecule has 1 atom stereocenters. The van der Waals surface area contributed by atoms with Crippen LogP contribution < -0.4 is 9.47 Å². The third-order valence-electron chi connectivity index (χ3n) is 4.63. The van der Waals surface area contributed by atoms with E-state index < -0.39 is 10.0 Å². The van der Waals surface area contributed by atoms with Gasteiger partial charge in [-0.1, -0.05) is 17.7 Å². The van der Waals surface area contributed by atoms with Gasteiger partial charge >= 0.3 is 0 Å². The maximum absolute atomic E-state index is 13.3. The molecule has 7 nitrogen and oxygen atoms in total. The number of hydrogen-bond acceptors (Lipinski definition) is 6. The Bertz CT molecular complexity index is 907. The molecule has 0 N–H and O–H groups in total. The van der Waals surface area contributed by atoms with Gasteiger partial charge < -0.3 is 9.47 Å². The monoisotopic (exact) mass is 391 g/mol. The first-order valence-corrected chi connectivity index (χ1v) is 10.4. The molecule has 27 heavy (non-hydrogen) atoms. The second-order valence-electron chi connectivity index (χ2n) is 6.87. The fourth-order valence-corrected chi connectivity index (χ4v) is 5.50. The third-order valence-corrected chi connectivity index (χ3v) is 6.80. The van der Waals surface area contributed by atoms with Crippen molar-refractivity contribution in [3.05, 3.63) is 41.2 Å². The number of aryl methyl sites for hydroxylation is 3. The van der Waals surface area contributed by atoms with Gasteiger partial charge in [-0.15, -0.1) is 0 Å². The molecule has 146 valence electrons. The molecule has 1 saturated heterocycles. The lowest BCUT2D eigenvalue weighted by Gasteiger charge is -2.32. The van der Waals surface area contributed by atoms with Crippen LogP contribution in [0.15, 0.2) is 29.4 Å². The highest BCUT2D eigenvalue weighted by atomic mass is 32.2. The Kier molecular flexibility index (Phi) is 5.67. The molecule has 0 spiro atoms. The highest BCUT2D eigenvalue weighted by molar-refractivity contribution is 7.89. The molecule has 2 heterocycles. The fraction of sp³-hybridized carbons (Fsp3) is 0.474. The van der Waals surface area contributed by atoms with E-state index >= 15 is 0 Å². The summed E-state index contributed by atoms with van der Waals surface area (Å²) in [6.07, 6.45) is 4.21. The first kappa shape index (κ1) is 19.6. The zero-order valence-electron chi connectivity index (χ0n) is 16.1. The Morgan fingerprint density at radius 1 is 1.11 bits per heavy atom. The molecule has 1 fully saturated rings. The highest BCUT2D eigenvalue weighted by Gasteiger charge is 2.33. The van der Waals surface area contributed by atoms with E-state index in [0.29, 0.717) is 23.2 Å². The van der Waals surface area contributed by atoms with Gasteiger partial charge in [0.2, 0.25) is 21.8 Å². The van der Waals surface area contributed by atoms with Gasteiger partial charge in [0.1, 0.15) is 6.10 Å². The van der Waals surface area contributed by atoms with E-state index in [1.54, 1.807) is 0 Å². The van der Waals surface area contributed by atoms with Crippen molar-refractivity contribution in [2.75, 3.05) is 20.2 Å². The van der Waals surface area contributed by atoms with E-state index in [1.165, 1.54) is 23.8 Å². The Morgan fingerprint density at radius 2 is 1.78 bits per heavy atom. The van der Waals surface area contributed by atoms with Crippen molar-refractivity contribution in [3.8, 4) is 11.8 Å². The van der Waals surface area contributed by atoms with Crippen molar-refractivity contribution in [2.24, 2.45) is 0 Å². The number of rotatable bonds is 5. The minimum atomic E-state index is -3.59. The molecular weight excluding hydrogens is 366 g/mol. The normalized spacial score (nSPS) is 18.3. The first-order chi connectivity index (χ1) is 12.8. The SMILES string of the molecule is COc1cncc(OC2CCCN(S(=O)(=O)c3c(C)cc(C)cc3C)C2)n1. The third kappa shape index (κ3) is 4.22. The number of ether oxygens (including phenoxy) is 2. The van der Waals surface area contributed by atoms with Gasteiger partial charge in [0, 0.05) is 6.54 Å². The van der Waals surface area contributed by atoms with Crippen LogP contribution in [0, 0.1) is 20.8 Å². The van der Waals surface area contributed by atoms with Crippen molar-refractivity contribution >= 4 is 10.0 Å². The van der Waals surface area contributed by atoms with Crippen molar-refractivity contribution in [1.29, 1.82) is 0 Å². The summed E-state index contributed by atoms with van der Waals surface area (Å²) in [5.41, 5.74) is 2.60. The number of methoxy groups -OCH3 is 1. The average Bonchev–Trinajstić information content (AvgIpc) is 2.61. The van der Waals surface area contributed by atoms with Crippen LogP contribution in [-0.2, 0) is 10.0 Å². The summed E-state index contributed by atoms with van der Waals surface area (Å²) in [6.45, 7) is 6.43. The summed E-state index contributed by atoms with van der Waals surface area (Å²) >= 11 is 0. The molecule has 2 aromatic rings. The lowest BCUT2D eigenvalue weighted by atomic mass is 10.1. The molecular formula is C19H25N3O4S. The number of benzene rings is 1. The van der Waals surface area contributed by atoms with E-state index in [2.05, 4.69) is 9.97 Å². The van der Waals surface area contributed by atoms with Crippen LogP contribution in [0.3, 0.4) is 0 Å². The second kappa shape index (κ2) is 7.82. The van der Waals surface area contributed by atoms with Gasteiger partial charge in [-0.3, -0.25) is 4.98 Å². The molecule has 0 radical (unpaired) electrons. The van der Waals surface area contributed by atoms with Crippen LogP contribution in [0.2, 0.25) is 0 Å². The van der Waals surface area contributed by atoms with E-state index in [-0.39, 0.29) is 12.6 Å². The van der Waals surface area contributed by atoms with Crippen LogP contribution in [-0.4, -0.2) is 49.0 Å². The first-order valence-electron chi connectivity index (χ1n) is 8.92. The quantitative estimate of drug-likeness (QED) is 0.779. The zero-order chi connectivity index (χ0) is 19.6. The molecule has 0 amide bonds. The van der Waals surface area contributed by atoms with Crippen LogP contribution in [0.1, 0.15) is 29.5 Å². The molecule has 1 aromatic carbocycles. The Morgan fingerprint density at radius 3 is 2.44 bits per heavy atom. The molecule has 1 aliphatic heterocycles. The lowest BCUT2D eigenvalue weighted by molar-refractivity contribution is 0.123. The predicted octanol–water partition coefficient (Wildman–Crippen LogP) is 2.64. The molecule has 0 bridgehead atoms. The predicted molar refractivity (Wildman–Crippen MR) is 102 cm³/mol. The molecule has 3 rings (SSSR count). The van der Waals surface area contributed by atoms with Crippen molar-refractivity contribution in [2.45, 2.75) is 44.6 Å². The summed E-state index contributed by atoms with van der Waals surface area (Å²) < 4.78 is 39.0. The number of hydrogen-bond donors (Lipinski definition) is 0. The molecule has 1 aliphatic rings. The maximum atomic E-state index is 13.3. The number of piperidine rings is 1. The Labute approximate surface area is 160 Å². The van der Waals surface area contributed by atoms with E-state index in [1.807, 2.05) is 32.9 Å². The van der Waals surface area contributed by atoms with E-state index in [0.717, 1.165) is 29.5 Å². The summed E-state index contributed by atoms with van der Waals surface area (Å²) in [4.78, 5) is 8.62. The average molecular weight is 391 g/mol. The van der Waals surface area contributed by atoms with Gasteiger partial charge in [-0.05, 0) is 44.7 Å². The van der Waals surface area contributed by atoms with Gasteiger partial charge in [0.05, 0.1) is 30.9 Å². The lowest BCUT2D eigenvalue weighted by Crippen LogP contribution is -2.44. The smallest absolute Gasteiger partial charge is 0.243 e. The summed E-state index contributed by atoms with van der Waals surface area (Å²) in [7, 11) is -2.08. The number of nitrogens with zero attached hydrogens (tertiary/aromatic N) is 3. The van der Waals surface area contributed by atoms with Crippen molar-refractivity contribution < 1.29 is 17.9 Å². The number of sulfonamides is 1. The van der Waals surface area contributed by atoms with Gasteiger partial charge in [0.15, 0.2) is 0 Å². The molecule has 0 saturated carbocycles. The fourth-order valence-electron chi connectivity index (χ4n) is 3.58. The van der Waals surface area contributed by atoms with Gasteiger partial charge in [0.25, 0.3) is 0 Å². The molecule has 0 aliphatic carbocycles. The summed E-state index contributed by atoms with van der Waals surface area (Å²) in [6, 6.07) is 3.81. The maximum Gasteiger partial charge on any atom is 0.243 e. The van der Waals surface area contributed by atoms with Crippen LogP contribution in [0.25, 0.3) is 0 Å². The van der Waals surface area contributed by atoms with E-state index in [9.17, 15) is 8.42 Å². The highest BCUT2D eigenvalue weighted by Crippen LogP contribution is 2.28. The largest absolute Gasteiger partial charge is 0.480 e. The second-order valence-corrected chi connectivity index (χ2v) is 8.75. The Hall–Kier alpha value is -2.19. The minimum Gasteiger partial charge on any atom is -0.480 e. The van der Waals surface area contributed by atoms with Gasteiger partial charge in [-0.2, -0.15) is 9.29 Å². The summed E-state index contributed by atoms with van der Waals surface area (Å²) in [5, 5.41) is 0. The zero-order valence-corrected chi connectivity index (χ0v) is 16.9. The molecule has 1 unspecified atom stereocenters. The minimum absolute atomic E-state index is 0.277. The van der Waals surface area contributed by atoms with Crippen molar-refractivity contribution in [3.63, 3.8) is 0 Å². The standard InChI is InChI=1S/C19H25N3O4S/c1-13-8-14(2)19(15(3)9-13)27(23,24)22-7-5-6-16(12-22)26-18-11-20-10-17(21-18)25-4/h8-11,16H,5-7,12H2,1-4H3. The molecule has 1 aromatic heterocycles. The van der Waals surface area contributed by atoms with Crippen molar-refractivity contribution in [1.82, 2.24) is 14.3 Å². The Balaban J connectivity index is 1.81. The van der Waals surface area contributed by atoms with Crippen LogP contribution in [0.5, 0.6) is 11.8 Å².